The highest BCUT2D eigenvalue weighted by atomic mass is 31.2. The molecule has 0 N–H and O–H groups in total. The molecule has 0 rings (SSSR count). The third-order valence-corrected chi connectivity index (χ3v) is 12.0. The molecule has 0 aliphatic rings. The Bertz CT molecular complexity index is 1210. The summed E-state index contributed by atoms with van der Waals surface area (Å²) in [5.41, 5.74) is 0. The molecule has 0 fully saturated rings. The molecule has 2 unspecified atom stereocenters. The Balaban J connectivity index is 4.27. The van der Waals surface area contributed by atoms with E-state index in [1.807, 2.05) is 21.1 Å². The number of phosphoric acid groups is 1. The van der Waals surface area contributed by atoms with Crippen LogP contribution in [0.5, 0.6) is 0 Å². The second kappa shape index (κ2) is 45.1. The molecule has 0 saturated carbocycles. The number of carbonyl (C=O) groups excluding carboxylic acids is 2. The van der Waals surface area contributed by atoms with E-state index in [0.717, 1.165) is 70.6 Å². The molecule has 9 nitrogen and oxygen atoms in total. The Labute approximate surface area is 388 Å². The van der Waals surface area contributed by atoms with Gasteiger partial charge in [0.2, 0.25) is 0 Å². The number of likely N-dealkylation sites (N-methyl/N-ethyl adjacent to an activating group) is 1. The van der Waals surface area contributed by atoms with Crippen molar-refractivity contribution in [1.29, 1.82) is 0 Å². The fraction of sp³-hybridized carbons (Fsp3) is 0.811. The van der Waals surface area contributed by atoms with Crippen LogP contribution >= 0.6 is 7.82 Å². The summed E-state index contributed by atoms with van der Waals surface area (Å²) in [6.07, 6.45) is 54.2. The molecule has 2 atom stereocenters. The van der Waals surface area contributed by atoms with Gasteiger partial charge >= 0.3 is 11.9 Å². The lowest BCUT2D eigenvalue weighted by Crippen LogP contribution is -2.37. The zero-order valence-electron chi connectivity index (χ0n) is 41.5. The monoisotopic (exact) mass is 908 g/mol. The highest BCUT2D eigenvalue weighted by Gasteiger charge is 2.21. The fourth-order valence-corrected chi connectivity index (χ4v) is 7.74. The summed E-state index contributed by atoms with van der Waals surface area (Å²) in [5.74, 6) is -0.844. The number of ether oxygens (including phenoxy) is 2. The lowest BCUT2D eigenvalue weighted by molar-refractivity contribution is -0.870. The molecule has 0 spiro atoms. The van der Waals surface area contributed by atoms with Crippen LogP contribution < -0.4 is 4.89 Å². The molecular weight excluding hydrogens is 810 g/mol. The standard InChI is InChI=1S/C53H98NO8P/c1-6-8-10-12-14-16-18-20-22-24-26-27-28-30-32-34-36-38-40-42-44-46-53(56)62-51(50-61-63(57,58)60-48-47-54(3,4)5)49-59-52(55)45-43-41-39-37-35-33-31-29-25-23-21-19-17-15-13-11-9-7-2/h17-20,23-26,51H,6-16,21-22,27-50H2,1-5H3/b19-17-,20-18-,25-23-,26-24-. The van der Waals surface area contributed by atoms with Gasteiger partial charge in [0.1, 0.15) is 19.8 Å². The number of hydrogen-bond acceptors (Lipinski definition) is 8. The predicted molar refractivity (Wildman–Crippen MR) is 264 cm³/mol. The SMILES string of the molecule is CCCCCC/C=C\C/C=C\CCCCCCCCCC(=O)OCC(COP(=O)([O-])OCC[N+](C)(C)C)OC(=O)CCCCCCCCCCC/C=C\C/C=C\CCCCCCC. The largest absolute Gasteiger partial charge is 0.756 e. The van der Waals surface area contributed by atoms with Gasteiger partial charge in [-0.3, -0.25) is 14.2 Å². The first-order valence-electron chi connectivity index (χ1n) is 25.8. The molecule has 0 aromatic heterocycles. The summed E-state index contributed by atoms with van der Waals surface area (Å²) in [6.45, 7) is 4.21. The first-order valence-corrected chi connectivity index (χ1v) is 27.3. The maximum Gasteiger partial charge on any atom is 0.306 e. The van der Waals surface area contributed by atoms with Crippen molar-refractivity contribution in [2.24, 2.45) is 0 Å². The van der Waals surface area contributed by atoms with Crippen LogP contribution in [0.25, 0.3) is 0 Å². The zero-order valence-corrected chi connectivity index (χ0v) is 42.4. The molecule has 0 saturated heterocycles. The molecule has 0 aromatic rings. The van der Waals surface area contributed by atoms with Crippen LogP contribution in [0.2, 0.25) is 0 Å². The average Bonchev–Trinajstić information content (AvgIpc) is 3.24. The van der Waals surface area contributed by atoms with Crippen LogP contribution in [0.3, 0.4) is 0 Å². The Morgan fingerprint density at radius 1 is 0.492 bits per heavy atom. The first kappa shape index (κ1) is 61.0. The molecule has 0 aromatic carbocycles. The molecule has 0 aliphatic heterocycles. The number of rotatable bonds is 47. The third-order valence-electron chi connectivity index (χ3n) is 11.1. The average molecular weight is 908 g/mol. The van der Waals surface area contributed by atoms with Gasteiger partial charge in [-0.05, 0) is 77.0 Å². The molecule has 63 heavy (non-hydrogen) atoms. The number of nitrogens with zero attached hydrogens (tertiary/aromatic N) is 1. The van der Waals surface area contributed by atoms with Crippen LogP contribution in [0.4, 0.5) is 0 Å². The van der Waals surface area contributed by atoms with Crippen LogP contribution in [0.1, 0.15) is 226 Å². The summed E-state index contributed by atoms with van der Waals surface area (Å²) in [6, 6.07) is 0. The smallest absolute Gasteiger partial charge is 0.306 e. The molecule has 0 amide bonds. The fourth-order valence-electron chi connectivity index (χ4n) is 7.01. The minimum absolute atomic E-state index is 0.0340. The maximum atomic E-state index is 12.7. The van der Waals surface area contributed by atoms with Gasteiger partial charge in [-0.2, -0.15) is 0 Å². The van der Waals surface area contributed by atoms with E-state index >= 15 is 0 Å². The van der Waals surface area contributed by atoms with Gasteiger partial charge in [-0.15, -0.1) is 0 Å². The first-order chi connectivity index (χ1) is 30.5. The van der Waals surface area contributed by atoms with Gasteiger partial charge in [-0.25, -0.2) is 0 Å². The molecule has 0 aliphatic carbocycles. The Kier molecular flexibility index (Phi) is 43.7. The second-order valence-corrected chi connectivity index (χ2v) is 19.9. The topological polar surface area (TPSA) is 111 Å². The van der Waals surface area contributed by atoms with Crippen molar-refractivity contribution in [3.8, 4) is 0 Å². The van der Waals surface area contributed by atoms with E-state index in [0.29, 0.717) is 17.4 Å². The van der Waals surface area contributed by atoms with E-state index in [2.05, 4.69) is 62.5 Å². The molecule has 368 valence electrons. The number of carbonyl (C=O) groups is 2. The van der Waals surface area contributed by atoms with Crippen LogP contribution in [-0.2, 0) is 32.7 Å². The van der Waals surface area contributed by atoms with Crippen LogP contribution in [-0.4, -0.2) is 70.0 Å². The second-order valence-electron chi connectivity index (χ2n) is 18.5. The van der Waals surface area contributed by atoms with Crippen molar-refractivity contribution < 1.29 is 42.1 Å². The van der Waals surface area contributed by atoms with E-state index in [4.69, 9.17) is 18.5 Å². The molecule has 0 heterocycles. The molecule has 0 radical (unpaired) electrons. The van der Waals surface area contributed by atoms with Gasteiger partial charge in [0.05, 0.1) is 27.7 Å². The van der Waals surface area contributed by atoms with Crippen LogP contribution in [0.15, 0.2) is 48.6 Å². The van der Waals surface area contributed by atoms with E-state index in [1.54, 1.807) is 0 Å². The zero-order chi connectivity index (χ0) is 46.4. The third kappa shape index (κ3) is 49.2. The number of quaternary nitrogens is 1. The van der Waals surface area contributed by atoms with Crippen molar-refractivity contribution in [3.05, 3.63) is 48.6 Å². The van der Waals surface area contributed by atoms with Crippen molar-refractivity contribution >= 4 is 19.8 Å². The highest BCUT2D eigenvalue weighted by Crippen LogP contribution is 2.38. The number of allylic oxidation sites excluding steroid dienone is 8. The van der Waals surface area contributed by atoms with Gasteiger partial charge in [0.25, 0.3) is 7.82 Å². The summed E-state index contributed by atoms with van der Waals surface area (Å²) in [5, 5.41) is 0. The van der Waals surface area contributed by atoms with Crippen molar-refractivity contribution in [2.75, 3.05) is 47.5 Å². The van der Waals surface area contributed by atoms with Gasteiger partial charge in [-0.1, -0.05) is 184 Å². The van der Waals surface area contributed by atoms with Crippen LogP contribution in [0, 0.1) is 0 Å². The molecular formula is C53H98NO8P. The molecule has 10 heteroatoms. The van der Waals surface area contributed by atoms with Crippen molar-refractivity contribution in [3.63, 3.8) is 0 Å². The van der Waals surface area contributed by atoms with E-state index in [9.17, 15) is 19.0 Å². The number of esters is 2. The quantitative estimate of drug-likeness (QED) is 0.0195. The van der Waals surface area contributed by atoms with E-state index < -0.39 is 32.5 Å². The van der Waals surface area contributed by atoms with E-state index in [1.165, 1.54) is 122 Å². The number of unbranched alkanes of at least 4 members (excludes halogenated alkanes) is 25. The lowest BCUT2D eigenvalue weighted by atomic mass is 10.1. The highest BCUT2D eigenvalue weighted by molar-refractivity contribution is 7.45. The summed E-state index contributed by atoms with van der Waals surface area (Å²) in [4.78, 5) is 37.7. The predicted octanol–water partition coefficient (Wildman–Crippen LogP) is 14.8. The molecule has 0 bridgehead atoms. The summed E-state index contributed by atoms with van der Waals surface area (Å²) in [7, 11) is 1.16. The maximum absolute atomic E-state index is 12.7. The number of hydrogen-bond donors (Lipinski definition) is 0. The van der Waals surface area contributed by atoms with E-state index in [-0.39, 0.29) is 26.1 Å². The Morgan fingerprint density at radius 3 is 1.27 bits per heavy atom. The normalized spacial score (nSPS) is 13.8. The minimum atomic E-state index is -4.63. The Hall–Kier alpha value is -2.03. The lowest BCUT2D eigenvalue weighted by Gasteiger charge is -2.28. The van der Waals surface area contributed by atoms with Gasteiger partial charge in [0, 0.05) is 12.8 Å². The van der Waals surface area contributed by atoms with Crippen molar-refractivity contribution in [2.45, 2.75) is 232 Å². The Morgan fingerprint density at radius 2 is 0.857 bits per heavy atom. The number of phosphoric ester groups is 1. The van der Waals surface area contributed by atoms with Gasteiger partial charge in [0.15, 0.2) is 6.10 Å². The van der Waals surface area contributed by atoms with Crippen molar-refractivity contribution in [1.82, 2.24) is 0 Å². The minimum Gasteiger partial charge on any atom is -0.756 e. The van der Waals surface area contributed by atoms with Gasteiger partial charge < -0.3 is 27.9 Å². The summed E-state index contributed by atoms with van der Waals surface area (Å²) >= 11 is 0. The summed E-state index contributed by atoms with van der Waals surface area (Å²) < 4.78 is 34.0.